The average Bonchev–Trinajstić information content (AvgIpc) is 2.78. The quantitative estimate of drug-likeness (QED) is 0.312. The van der Waals surface area contributed by atoms with E-state index in [0.717, 1.165) is 66.8 Å². The summed E-state index contributed by atoms with van der Waals surface area (Å²) in [6.45, 7) is 3.04. The van der Waals surface area contributed by atoms with E-state index >= 15 is 0 Å². The molecule has 0 fully saturated rings. The standard InChI is InChI=1S/C26H27ClN4/c1-19-6-8-20(9-7-19)17-22-12-15-30-26(31-22)5-3-2-4-14-28-24-13-16-29-25-18-21(27)10-11-23(24)25/h6-13,15-16,18H,2-5,14,17H2,1H3,(H,28,29). The third kappa shape index (κ3) is 6.02. The van der Waals surface area contributed by atoms with Crippen LogP contribution in [-0.2, 0) is 12.8 Å². The van der Waals surface area contributed by atoms with E-state index in [-0.39, 0.29) is 0 Å². The Morgan fingerprint density at radius 1 is 0.871 bits per heavy atom. The number of unbranched alkanes of at least 4 members (excludes halogenated alkanes) is 2. The number of benzene rings is 2. The van der Waals surface area contributed by atoms with Crippen LogP contribution in [0.2, 0.25) is 5.02 Å². The van der Waals surface area contributed by atoms with Crippen molar-refractivity contribution >= 4 is 28.2 Å². The number of fused-ring (bicyclic) bond motifs is 1. The molecule has 0 atom stereocenters. The van der Waals surface area contributed by atoms with E-state index in [9.17, 15) is 0 Å². The lowest BCUT2D eigenvalue weighted by Crippen LogP contribution is -2.03. The fourth-order valence-corrected chi connectivity index (χ4v) is 3.82. The first-order chi connectivity index (χ1) is 15.2. The van der Waals surface area contributed by atoms with E-state index in [0.29, 0.717) is 5.02 Å². The fraction of sp³-hybridized carbons (Fsp3) is 0.269. The molecule has 0 spiro atoms. The molecule has 0 aliphatic rings. The molecule has 0 aliphatic carbocycles. The van der Waals surface area contributed by atoms with E-state index in [4.69, 9.17) is 16.6 Å². The lowest BCUT2D eigenvalue weighted by Gasteiger charge is -2.09. The summed E-state index contributed by atoms with van der Waals surface area (Å²) in [7, 11) is 0. The number of aromatic nitrogens is 3. The van der Waals surface area contributed by atoms with Gasteiger partial charge < -0.3 is 5.32 Å². The first-order valence-corrected chi connectivity index (χ1v) is 11.2. The summed E-state index contributed by atoms with van der Waals surface area (Å²) >= 11 is 6.07. The molecule has 0 aliphatic heterocycles. The van der Waals surface area contributed by atoms with E-state index in [1.165, 1.54) is 11.1 Å². The predicted molar refractivity (Wildman–Crippen MR) is 129 cm³/mol. The van der Waals surface area contributed by atoms with Gasteiger partial charge in [0, 0.05) is 53.6 Å². The largest absolute Gasteiger partial charge is 0.384 e. The van der Waals surface area contributed by atoms with Crippen LogP contribution in [0, 0.1) is 6.92 Å². The molecule has 0 radical (unpaired) electrons. The van der Waals surface area contributed by atoms with Gasteiger partial charge in [-0.05, 0) is 55.7 Å². The van der Waals surface area contributed by atoms with Gasteiger partial charge in [-0.3, -0.25) is 4.98 Å². The van der Waals surface area contributed by atoms with Crippen LogP contribution in [0.15, 0.2) is 67.0 Å². The van der Waals surface area contributed by atoms with Crippen molar-refractivity contribution in [2.24, 2.45) is 0 Å². The highest BCUT2D eigenvalue weighted by atomic mass is 35.5. The van der Waals surface area contributed by atoms with Gasteiger partial charge >= 0.3 is 0 Å². The highest BCUT2D eigenvalue weighted by Gasteiger charge is 2.04. The maximum atomic E-state index is 6.07. The minimum atomic E-state index is 0.710. The van der Waals surface area contributed by atoms with Gasteiger partial charge in [-0.2, -0.15) is 0 Å². The summed E-state index contributed by atoms with van der Waals surface area (Å²) in [6, 6.07) is 18.5. The average molecular weight is 431 g/mol. The summed E-state index contributed by atoms with van der Waals surface area (Å²) in [4.78, 5) is 13.6. The Morgan fingerprint density at radius 3 is 2.58 bits per heavy atom. The Kier molecular flexibility index (Phi) is 7.11. The molecule has 0 bridgehead atoms. The molecule has 4 aromatic rings. The summed E-state index contributed by atoms with van der Waals surface area (Å²) in [6.07, 6.45) is 8.79. The van der Waals surface area contributed by atoms with E-state index in [2.05, 4.69) is 46.5 Å². The van der Waals surface area contributed by atoms with Crippen molar-refractivity contribution in [2.45, 2.75) is 39.0 Å². The van der Waals surface area contributed by atoms with Gasteiger partial charge in [-0.25, -0.2) is 9.97 Å². The third-order valence-electron chi connectivity index (χ3n) is 5.37. The Labute approximate surface area is 188 Å². The lowest BCUT2D eigenvalue weighted by molar-refractivity contribution is 0.676. The molecular formula is C26H27ClN4. The molecule has 1 N–H and O–H groups in total. The first kappa shape index (κ1) is 21.3. The monoisotopic (exact) mass is 430 g/mol. The van der Waals surface area contributed by atoms with Crippen molar-refractivity contribution in [3.63, 3.8) is 0 Å². The number of hydrogen-bond donors (Lipinski definition) is 1. The second-order valence-electron chi connectivity index (χ2n) is 7.88. The number of rotatable bonds is 9. The highest BCUT2D eigenvalue weighted by molar-refractivity contribution is 6.31. The molecule has 0 amide bonds. The maximum absolute atomic E-state index is 6.07. The van der Waals surface area contributed by atoms with Gasteiger partial charge in [0.1, 0.15) is 5.82 Å². The van der Waals surface area contributed by atoms with Crippen molar-refractivity contribution in [1.29, 1.82) is 0 Å². The van der Waals surface area contributed by atoms with Crippen LogP contribution in [0.3, 0.4) is 0 Å². The van der Waals surface area contributed by atoms with Crippen LogP contribution in [0.1, 0.15) is 41.9 Å². The van der Waals surface area contributed by atoms with Crippen LogP contribution in [-0.4, -0.2) is 21.5 Å². The smallest absolute Gasteiger partial charge is 0.128 e. The number of halogens is 1. The van der Waals surface area contributed by atoms with Crippen molar-refractivity contribution in [1.82, 2.24) is 15.0 Å². The lowest BCUT2D eigenvalue weighted by atomic mass is 10.1. The van der Waals surface area contributed by atoms with E-state index in [1.807, 2.05) is 42.7 Å². The number of hydrogen-bond acceptors (Lipinski definition) is 4. The third-order valence-corrected chi connectivity index (χ3v) is 5.60. The van der Waals surface area contributed by atoms with Crippen molar-refractivity contribution < 1.29 is 0 Å². The van der Waals surface area contributed by atoms with Crippen molar-refractivity contribution in [3.8, 4) is 0 Å². The minimum absolute atomic E-state index is 0.710. The number of nitrogens with one attached hydrogen (secondary N) is 1. The SMILES string of the molecule is Cc1ccc(Cc2ccnc(CCCCCNc3ccnc4cc(Cl)ccc34)n2)cc1. The molecule has 4 rings (SSSR count). The van der Waals surface area contributed by atoms with Crippen LogP contribution in [0.25, 0.3) is 10.9 Å². The fourth-order valence-electron chi connectivity index (χ4n) is 3.66. The van der Waals surface area contributed by atoms with Crippen molar-refractivity contribution in [3.05, 3.63) is 94.7 Å². The first-order valence-electron chi connectivity index (χ1n) is 10.8. The Bertz CT molecular complexity index is 1140. The molecule has 0 saturated heterocycles. The maximum Gasteiger partial charge on any atom is 0.128 e. The zero-order chi connectivity index (χ0) is 21.5. The number of nitrogens with zero attached hydrogens (tertiary/aromatic N) is 3. The van der Waals surface area contributed by atoms with Crippen LogP contribution >= 0.6 is 11.6 Å². The minimum Gasteiger partial charge on any atom is -0.384 e. The number of aryl methyl sites for hydroxylation is 2. The summed E-state index contributed by atoms with van der Waals surface area (Å²) in [5, 5.41) is 5.34. The van der Waals surface area contributed by atoms with Gasteiger partial charge in [0.15, 0.2) is 0 Å². The molecule has 2 aromatic carbocycles. The van der Waals surface area contributed by atoms with Crippen molar-refractivity contribution in [2.75, 3.05) is 11.9 Å². The Hall–Kier alpha value is -2.98. The predicted octanol–water partition coefficient (Wildman–Crippen LogP) is 6.40. The molecule has 0 saturated carbocycles. The van der Waals surface area contributed by atoms with Gasteiger partial charge in [-0.15, -0.1) is 0 Å². The molecule has 158 valence electrons. The summed E-state index contributed by atoms with van der Waals surface area (Å²) in [5.74, 6) is 0.939. The summed E-state index contributed by atoms with van der Waals surface area (Å²) in [5.41, 5.74) is 5.67. The normalized spacial score (nSPS) is 11.0. The second-order valence-corrected chi connectivity index (χ2v) is 8.32. The van der Waals surface area contributed by atoms with Crippen LogP contribution in [0.4, 0.5) is 5.69 Å². The van der Waals surface area contributed by atoms with Crippen LogP contribution < -0.4 is 5.32 Å². The van der Waals surface area contributed by atoms with Gasteiger partial charge in [0.05, 0.1) is 5.52 Å². The molecular weight excluding hydrogens is 404 g/mol. The number of pyridine rings is 1. The highest BCUT2D eigenvalue weighted by Crippen LogP contribution is 2.24. The number of anilines is 1. The molecule has 2 aromatic heterocycles. The molecule has 4 nitrogen and oxygen atoms in total. The van der Waals surface area contributed by atoms with Gasteiger partial charge in [-0.1, -0.05) is 47.9 Å². The Morgan fingerprint density at radius 2 is 1.71 bits per heavy atom. The summed E-state index contributed by atoms with van der Waals surface area (Å²) < 4.78 is 0. The van der Waals surface area contributed by atoms with E-state index in [1.54, 1.807) is 0 Å². The molecule has 31 heavy (non-hydrogen) atoms. The second kappa shape index (κ2) is 10.4. The van der Waals surface area contributed by atoms with Gasteiger partial charge in [0.25, 0.3) is 0 Å². The van der Waals surface area contributed by atoms with Gasteiger partial charge in [0.2, 0.25) is 0 Å². The molecule has 2 heterocycles. The van der Waals surface area contributed by atoms with Crippen LogP contribution in [0.5, 0.6) is 0 Å². The zero-order valence-electron chi connectivity index (χ0n) is 17.8. The van der Waals surface area contributed by atoms with E-state index < -0.39 is 0 Å². The zero-order valence-corrected chi connectivity index (χ0v) is 18.6. The molecule has 5 heteroatoms. The molecule has 0 unspecified atom stereocenters. The topological polar surface area (TPSA) is 50.7 Å². The Balaban J connectivity index is 1.22.